The van der Waals surface area contributed by atoms with Crippen LogP contribution in [0.3, 0.4) is 0 Å². The summed E-state index contributed by atoms with van der Waals surface area (Å²) in [6.45, 7) is 6.87. The van der Waals surface area contributed by atoms with Crippen LogP contribution < -0.4 is 19.6 Å². The monoisotopic (exact) mass is 512 g/mol. The number of phenolic OH excluding ortho intramolecular Hbond substituents is 2. The Morgan fingerprint density at radius 1 is 1.14 bits per heavy atom. The molecule has 0 amide bonds. The lowest BCUT2D eigenvalue weighted by atomic mass is 9.89. The fourth-order valence-corrected chi connectivity index (χ4v) is 4.70. The van der Waals surface area contributed by atoms with Crippen molar-refractivity contribution in [1.29, 1.82) is 0 Å². The molecule has 1 atom stereocenters. The van der Waals surface area contributed by atoms with Crippen LogP contribution in [0.5, 0.6) is 28.7 Å². The van der Waals surface area contributed by atoms with Gasteiger partial charge in [0.2, 0.25) is 16.9 Å². The highest BCUT2D eigenvalue weighted by atomic mass is 16.5. The first-order valence-corrected chi connectivity index (χ1v) is 12.1. The number of methoxy groups -OCH3 is 2. The number of carbonyl (C=O) groups is 1. The van der Waals surface area contributed by atoms with Crippen LogP contribution in [-0.4, -0.2) is 43.1 Å². The van der Waals surface area contributed by atoms with Crippen LogP contribution >= 0.6 is 0 Å². The smallest absolute Gasteiger partial charge is 0.293 e. The summed E-state index contributed by atoms with van der Waals surface area (Å²) in [6, 6.07) is 5.06. The number of benzene rings is 2. The maximum atomic E-state index is 13.4. The largest absolute Gasteiger partial charge is 0.504 e. The highest BCUT2D eigenvalue weighted by Crippen LogP contribution is 2.45. The van der Waals surface area contributed by atoms with Gasteiger partial charge in [0, 0.05) is 11.6 Å². The summed E-state index contributed by atoms with van der Waals surface area (Å²) in [7, 11) is 2.63. The van der Waals surface area contributed by atoms with Gasteiger partial charge in [-0.15, -0.1) is 0 Å². The summed E-state index contributed by atoms with van der Waals surface area (Å²) in [5.74, 6) is -0.0650. The first kappa shape index (κ1) is 26.2. The number of hydrogen-bond donors (Lipinski definition) is 2. The number of aromatic hydroxyl groups is 2. The van der Waals surface area contributed by atoms with Gasteiger partial charge in [-0.3, -0.25) is 9.59 Å². The van der Waals surface area contributed by atoms with Crippen LogP contribution in [0.25, 0.3) is 22.3 Å². The standard InChI is InChI=1S/C28H32O9/c1-15(13-35-14-29)6-7-16-10-18(11-17-8-9-28(2,3)37-24(16)17)25-27(34-5)23(32)21-20(36-25)12-19(30)26(33-4)22(21)31/h10-12,14-15,30-31H,6-9,13H2,1-5H3/t15-/m1/s1. The number of carbonyl (C=O) groups excluding carboxylic acids is 1. The van der Waals surface area contributed by atoms with Crippen molar-refractivity contribution in [3.8, 4) is 40.1 Å². The van der Waals surface area contributed by atoms with Gasteiger partial charge < -0.3 is 33.6 Å². The fourth-order valence-electron chi connectivity index (χ4n) is 4.70. The number of phenols is 2. The second-order valence-corrected chi connectivity index (χ2v) is 10.0. The first-order valence-electron chi connectivity index (χ1n) is 12.1. The highest BCUT2D eigenvalue weighted by molar-refractivity contribution is 5.91. The second kappa shape index (κ2) is 10.2. The minimum absolute atomic E-state index is 0.00659. The van der Waals surface area contributed by atoms with Crippen LogP contribution in [0.15, 0.2) is 27.4 Å². The predicted molar refractivity (Wildman–Crippen MR) is 137 cm³/mol. The zero-order chi connectivity index (χ0) is 26.9. The molecule has 2 aromatic carbocycles. The molecule has 0 radical (unpaired) electrons. The number of fused-ring (bicyclic) bond motifs is 2. The van der Waals surface area contributed by atoms with E-state index in [1.54, 1.807) is 0 Å². The molecule has 0 saturated heterocycles. The van der Waals surface area contributed by atoms with Crippen molar-refractivity contribution in [2.24, 2.45) is 5.92 Å². The molecule has 4 rings (SSSR count). The van der Waals surface area contributed by atoms with E-state index in [0.29, 0.717) is 25.1 Å². The van der Waals surface area contributed by atoms with E-state index in [-0.39, 0.29) is 45.5 Å². The summed E-state index contributed by atoms with van der Waals surface area (Å²) < 4.78 is 27.8. The summed E-state index contributed by atoms with van der Waals surface area (Å²) >= 11 is 0. The van der Waals surface area contributed by atoms with Gasteiger partial charge in [-0.25, -0.2) is 0 Å². The zero-order valence-corrected chi connectivity index (χ0v) is 21.7. The topological polar surface area (TPSA) is 125 Å². The Balaban J connectivity index is 1.88. The van der Waals surface area contributed by atoms with E-state index in [1.165, 1.54) is 20.3 Å². The third kappa shape index (κ3) is 5.03. The normalized spacial score (nSPS) is 14.9. The molecule has 2 N–H and O–H groups in total. The molecule has 0 bridgehead atoms. The fraction of sp³-hybridized carbons (Fsp3) is 0.429. The van der Waals surface area contributed by atoms with Crippen LogP contribution in [-0.2, 0) is 22.4 Å². The van der Waals surface area contributed by atoms with Crippen LogP contribution in [0.2, 0.25) is 0 Å². The Labute approximate surface area is 214 Å². The molecule has 1 aliphatic rings. The van der Waals surface area contributed by atoms with Crippen LogP contribution in [0.1, 0.15) is 44.7 Å². The molecule has 1 aliphatic heterocycles. The molecule has 9 nitrogen and oxygen atoms in total. The van der Waals surface area contributed by atoms with Gasteiger partial charge in [0.25, 0.3) is 6.47 Å². The molecular weight excluding hydrogens is 480 g/mol. The molecule has 0 spiro atoms. The van der Waals surface area contributed by atoms with Crippen LogP contribution in [0, 0.1) is 5.92 Å². The van der Waals surface area contributed by atoms with Gasteiger partial charge in [0.05, 0.1) is 20.8 Å². The highest BCUT2D eigenvalue weighted by Gasteiger charge is 2.30. The van der Waals surface area contributed by atoms with Gasteiger partial charge in [-0.2, -0.15) is 0 Å². The Morgan fingerprint density at radius 3 is 2.54 bits per heavy atom. The minimum atomic E-state index is -0.592. The van der Waals surface area contributed by atoms with Crippen molar-refractivity contribution in [1.82, 2.24) is 0 Å². The Bertz CT molecular complexity index is 1390. The van der Waals surface area contributed by atoms with Gasteiger partial charge in [0.15, 0.2) is 17.3 Å². The van der Waals surface area contributed by atoms with Gasteiger partial charge in [-0.05, 0) is 68.7 Å². The van der Waals surface area contributed by atoms with Crippen molar-refractivity contribution in [2.45, 2.75) is 52.1 Å². The lowest BCUT2D eigenvalue weighted by Gasteiger charge is -2.34. The summed E-state index contributed by atoms with van der Waals surface area (Å²) in [5.41, 5.74) is 1.60. The van der Waals surface area contributed by atoms with E-state index in [9.17, 15) is 19.8 Å². The van der Waals surface area contributed by atoms with E-state index >= 15 is 0 Å². The van der Waals surface area contributed by atoms with Crippen molar-refractivity contribution in [2.75, 3.05) is 20.8 Å². The van der Waals surface area contributed by atoms with Crippen molar-refractivity contribution >= 4 is 17.4 Å². The molecule has 9 heteroatoms. The van der Waals surface area contributed by atoms with E-state index in [2.05, 4.69) is 0 Å². The van der Waals surface area contributed by atoms with Crippen molar-refractivity contribution in [3.63, 3.8) is 0 Å². The average Bonchev–Trinajstić information content (AvgIpc) is 2.85. The Kier molecular flexibility index (Phi) is 7.25. The molecule has 3 aromatic rings. The molecule has 37 heavy (non-hydrogen) atoms. The lowest BCUT2D eigenvalue weighted by Crippen LogP contribution is -2.33. The summed E-state index contributed by atoms with van der Waals surface area (Å²) in [6.07, 6.45) is 2.97. The van der Waals surface area contributed by atoms with E-state index < -0.39 is 11.2 Å². The maximum absolute atomic E-state index is 13.4. The number of hydrogen-bond acceptors (Lipinski definition) is 9. The average molecular weight is 513 g/mol. The number of rotatable bonds is 9. The molecule has 0 aliphatic carbocycles. The SMILES string of the molecule is COc1c(O)cc2oc(-c3cc(CC[C@@H](C)COC=O)c4c(c3)CCC(C)(C)O4)c(OC)c(=O)c2c1O. The summed E-state index contributed by atoms with van der Waals surface area (Å²) in [4.78, 5) is 24.0. The molecule has 0 saturated carbocycles. The quantitative estimate of drug-likeness (QED) is 0.391. The van der Waals surface area contributed by atoms with Gasteiger partial charge >= 0.3 is 0 Å². The van der Waals surface area contributed by atoms with Crippen LogP contribution in [0.4, 0.5) is 0 Å². The maximum Gasteiger partial charge on any atom is 0.293 e. The van der Waals surface area contributed by atoms with Crippen molar-refractivity contribution in [3.05, 3.63) is 39.5 Å². The Morgan fingerprint density at radius 2 is 1.86 bits per heavy atom. The molecular formula is C28H32O9. The first-order chi connectivity index (χ1) is 17.6. The molecule has 198 valence electrons. The second-order valence-electron chi connectivity index (χ2n) is 10.0. The van der Waals surface area contributed by atoms with Gasteiger partial charge in [-0.1, -0.05) is 6.92 Å². The molecule has 0 unspecified atom stereocenters. The number of ether oxygens (including phenoxy) is 4. The lowest BCUT2D eigenvalue weighted by molar-refractivity contribution is -0.129. The van der Waals surface area contributed by atoms with Crippen molar-refractivity contribution < 1.29 is 38.4 Å². The molecule has 2 heterocycles. The summed E-state index contributed by atoms with van der Waals surface area (Å²) in [5, 5.41) is 20.7. The number of aryl methyl sites for hydroxylation is 2. The van der Waals surface area contributed by atoms with E-state index in [1.807, 2.05) is 32.9 Å². The third-order valence-corrected chi connectivity index (χ3v) is 6.69. The zero-order valence-electron chi connectivity index (χ0n) is 21.7. The van der Waals surface area contributed by atoms with E-state index in [0.717, 1.165) is 36.1 Å². The van der Waals surface area contributed by atoms with Gasteiger partial charge in [0.1, 0.15) is 22.3 Å². The molecule has 0 fully saturated rings. The third-order valence-electron chi connectivity index (χ3n) is 6.69. The minimum Gasteiger partial charge on any atom is -0.504 e. The predicted octanol–water partition coefficient (Wildman–Crippen LogP) is 4.73. The van der Waals surface area contributed by atoms with E-state index in [4.69, 9.17) is 23.4 Å². The Hall–Kier alpha value is -3.88. The molecule has 1 aromatic heterocycles.